The highest BCUT2D eigenvalue weighted by molar-refractivity contribution is 5.93. The van der Waals surface area contributed by atoms with E-state index >= 15 is 0 Å². The zero-order valence-electron chi connectivity index (χ0n) is 14.9. The van der Waals surface area contributed by atoms with Gasteiger partial charge in [-0.3, -0.25) is 4.79 Å². The number of carbonyl (C=O) groups excluding carboxylic acids is 2. The van der Waals surface area contributed by atoms with Gasteiger partial charge in [0.2, 0.25) is 0 Å². The topological polar surface area (TPSA) is 78.9 Å². The van der Waals surface area contributed by atoms with E-state index in [0.717, 1.165) is 31.7 Å². The van der Waals surface area contributed by atoms with Crippen LogP contribution in [-0.4, -0.2) is 77.6 Å². The summed E-state index contributed by atoms with van der Waals surface area (Å²) < 4.78 is 5.01. The molecule has 0 aromatic carbocycles. The van der Waals surface area contributed by atoms with Gasteiger partial charge >= 0.3 is 6.09 Å². The van der Waals surface area contributed by atoms with Crippen LogP contribution in [0.5, 0.6) is 0 Å². The molecule has 136 valence electrons. The lowest BCUT2D eigenvalue weighted by Crippen LogP contribution is -2.50. The molecule has 8 nitrogen and oxygen atoms in total. The molecule has 2 aliphatic heterocycles. The van der Waals surface area contributed by atoms with E-state index in [-0.39, 0.29) is 12.0 Å². The van der Waals surface area contributed by atoms with Crippen molar-refractivity contribution in [1.82, 2.24) is 19.8 Å². The van der Waals surface area contributed by atoms with Crippen molar-refractivity contribution in [3.05, 3.63) is 17.6 Å². The molecule has 0 unspecified atom stereocenters. The van der Waals surface area contributed by atoms with Gasteiger partial charge in [0.25, 0.3) is 5.91 Å². The molecule has 0 atom stereocenters. The van der Waals surface area contributed by atoms with Gasteiger partial charge in [-0.15, -0.1) is 0 Å². The van der Waals surface area contributed by atoms with Gasteiger partial charge in [0.1, 0.15) is 17.3 Å². The minimum atomic E-state index is -0.316. The molecule has 0 saturated carbocycles. The Labute approximate surface area is 147 Å². The molecule has 0 N–H and O–H groups in total. The summed E-state index contributed by atoms with van der Waals surface area (Å²) in [5.41, 5.74) is 0.430. The van der Waals surface area contributed by atoms with Gasteiger partial charge in [0, 0.05) is 45.3 Å². The zero-order chi connectivity index (χ0) is 17.8. The molecule has 0 bridgehead atoms. The highest BCUT2D eigenvalue weighted by Crippen LogP contribution is 2.19. The van der Waals surface area contributed by atoms with Crippen molar-refractivity contribution >= 4 is 17.8 Å². The summed E-state index contributed by atoms with van der Waals surface area (Å²) in [6.45, 7) is 7.84. The van der Waals surface area contributed by atoms with Crippen LogP contribution in [0.25, 0.3) is 0 Å². The minimum absolute atomic E-state index is 0.102. The molecule has 2 fully saturated rings. The normalized spacial score (nSPS) is 17.8. The summed E-state index contributed by atoms with van der Waals surface area (Å²) in [6.07, 6.45) is 1.99. The third-order valence-corrected chi connectivity index (χ3v) is 4.57. The molecule has 2 saturated heterocycles. The first-order valence-electron chi connectivity index (χ1n) is 8.90. The highest BCUT2D eigenvalue weighted by atomic mass is 16.6. The molecule has 8 heteroatoms. The van der Waals surface area contributed by atoms with Crippen molar-refractivity contribution < 1.29 is 14.3 Å². The molecule has 2 amide bonds. The third kappa shape index (κ3) is 4.00. The third-order valence-electron chi connectivity index (χ3n) is 4.57. The fourth-order valence-corrected chi connectivity index (χ4v) is 3.24. The first-order chi connectivity index (χ1) is 12.1. The summed E-state index contributed by atoms with van der Waals surface area (Å²) in [6, 6.07) is 1.79. The molecule has 0 spiro atoms. The van der Waals surface area contributed by atoms with Crippen LogP contribution < -0.4 is 4.90 Å². The van der Waals surface area contributed by atoms with Gasteiger partial charge < -0.3 is 19.4 Å². The number of hydrogen-bond acceptors (Lipinski definition) is 6. The molecule has 25 heavy (non-hydrogen) atoms. The predicted molar refractivity (Wildman–Crippen MR) is 92.7 cm³/mol. The van der Waals surface area contributed by atoms with Gasteiger partial charge in [0.05, 0.1) is 6.61 Å². The summed E-state index contributed by atoms with van der Waals surface area (Å²) in [5, 5.41) is 0. The van der Waals surface area contributed by atoms with Crippen molar-refractivity contribution in [2.24, 2.45) is 0 Å². The maximum Gasteiger partial charge on any atom is 0.409 e. The van der Waals surface area contributed by atoms with E-state index in [0.29, 0.717) is 44.3 Å². The molecular formula is C17H25N5O3. The fraction of sp³-hybridized carbons (Fsp3) is 0.647. The van der Waals surface area contributed by atoms with Gasteiger partial charge in [-0.2, -0.15) is 0 Å². The van der Waals surface area contributed by atoms with Crippen LogP contribution in [0, 0.1) is 6.92 Å². The summed E-state index contributed by atoms with van der Waals surface area (Å²) in [4.78, 5) is 38.9. The number of nitrogens with zero attached hydrogens (tertiary/aromatic N) is 5. The van der Waals surface area contributed by atoms with Crippen LogP contribution in [0.15, 0.2) is 6.07 Å². The number of amides is 2. The summed E-state index contributed by atoms with van der Waals surface area (Å²) in [5.74, 6) is 1.34. The summed E-state index contributed by atoms with van der Waals surface area (Å²) in [7, 11) is 0. The first-order valence-corrected chi connectivity index (χ1v) is 8.90. The number of aryl methyl sites for hydroxylation is 1. The molecular weight excluding hydrogens is 322 g/mol. The molecule has 1 aromatic rings. The number of rotatable bonds is 3. The van der Waals surface area contributed by atoms with Crippen molar-refractivity contribution in [1.29, 1.82) is 0 Å². The quantitative estimate of drug-likeness (QED) is 0.820. The Morgan fingerprint density at radius 1 is 1.04 bits per heavy atom. The van der Waals surface area contributed by atoms with Crippen LogP contribution >= 0.6 is 0 Å². The Balaban J connectivity index is 1.66. The Hall–Kier alpha value is -2.38. The molecule has 3 rings (SSSR count). The van der Waals surface area contributed by atoms with Crippen molar-refractivity contribution in [2.45, 2.75) is 26.7 Å². The lowest BCUT2D eigenvalue weighted by Gasteiger charge is -2.34. The molecule has 1 aromatic heterocycles. The number of ether oxygens (including phenoxy) is 1. The molecule has 0 radical (unpaired) electrons. The number of aromatic nitrogens is 2. The van der Waals surface area contributed by atoms with Crippen LogP contribution in [0.3, 0.4) is 0 Å². The maximum atomic E-state index is 12.8. The first kappa shape index (κ1) is 17.4. The Morgan fingerprint density at radius 3 is 2.32 bits per heavy atom. The SMILES string of the molecule is CCOC(=O)N1CCN(C(=O)c2cc(N3CCCC3)nc(C)n2)CC1. The van der Waals surface area contributed by atoms with Crippen LogP contribution in [-0.2, 0) is 4.74 Å². The summed E-state index contributed by atoms with van der Waals surface area (Å²) >= 11 is 0. The average molecular weight is 347 g/mol. The molecule has 0 aliphatic carbocycles. The smallest absolute Gasteiger partial charge is 0.409 e. The second kappa shape index (κ2) is 7.67. The number of carbonyl (C=O) groups is 2. The lowest BCUT2D eigenvalue weighted by atomic mass is 10.2. The van der Waals surface area contributed by atoms with E-state index < -0.39 is 0 Å². The van der Waals surface area contributed by atoms with E-state index in [1.807, 2.05) is 6.92 Å². The maximum absolute atomic E-state index is 12.8. The van der Waals surface area contributed by atoms with E-state index in [1.165, 1.54) is 0 Å². The van der Waals surface area contributed by atoms with Crippen molar-refractivity contribution in [3.63, 3.8) is 0 Å². The highest BCUT2D eigenvalue weighted by Gasteiger charge is 2.27. The van der Waals surface area contributed by atoms with Crippen LogP contribution in [0.1, 0.15) is 36.1 Å². The lowest BCUT2D eigenvalue weighted by molar-refractivity contribution is 0.0565. The average Bonchev–Trinajstić information content (AvgIpc) is 3.15. The van der Waals surface area contributed by atoms with Crippen LogP contribution in [0.2, 0.25) is 0 Å². The van der Waals surface area contributed by atoms with Gasteiger partial charge in [0.15, 0.2) is 0 Å². The monoisotopic (exact) mass is 347 g/mol. The van der Waals surface area contributed by atoms with Gasteiger partial charge in [-0.25, -0.2) is 14.8 Å². The fourth-order valence-electron chi connectivity index (χ4n) is 3.24. The molecule has 2 aliphatic rings. The second-order valence-electron chi connectivity index (χ2n) is 6.33. The molecule has 3 heterocycles. The Morgan fingerprint density at radius 2 is 1.68 bits per heavy atom. The Bertz CT molecular complexity index is 637. The standard InChI is InChI=1S/C17H25N5O3/c1-3-25-17(24)22-10-8-21(9-11-22)16(23)14-12-15(19-13(2)18-14)20-6-4-5-7-20/h12H,3-11H2,1-2H3. The largest absolute Gasteiger partial charge is 0.450 e. The van der Waals surface area contributed by atoms with Crippen molar-refractivity contribution in [3.8, 4) is 0 Å². The zero-order valence-corrected chi connectivity index (χ0v) is 14.9. The van der Waals surface area contributed by atoms with Gasteiger partial charge in [-0.1, -0.05) is 0 Å². The Kier molecular flexibility index (Phi) is 5.35. The number of hydrogen-bond donors (Lipinski definition) is 0. The van der Waals surface area contributed by atoms with Gasteiger partial charge in [-0.05, 0) is 26.7 Å². The van der Waals surface area contributed by atoms with E-state index in [2.05, 4.69) is 14.9 Å². The van der Waals surface area contributed by atoms with Crippen LogP contribution in [0.4, 0.5) is 10.6 Å². The van der Waals surface area contributed by atoms with Crippen molar-refractivity contribution in [2.75, 3.05) is 50.8 Å². The number of anilines is 1. The van der Waals surface area contributed by atoms with E-state index in [9.17, 15) is 9.59 Å². The van der Waals surface area contributed by atoms with E-state index in [4.69, 9.17) is 4.74 Å². The van der Waals surface area contributed by atoms with E-state index in [1.54, 1.807) is 22.8 Å². The second-order valence-corrected chi connectivity index (χ2v) is 6.33. The number of piperazine rings is 1. The predicted octanol–water partition coefficient (Wildman–Crippen LogP) is 1.30. The minimum Gasteiger partial charge on any atom is -0.450 e.